The average molecular weight is 503 g/mol. The molecule has 0 aliphatic heterocycles. The zero-order valence-corrected chi connectivity index (χ0v) is 21.9. The van der Waals surface area contributed by atoms with Crippen molar-refractivity contribution in [3.63, 3.8) is 0 Å². The molecular weight excluding hydrogens is 468 g/mol. The molecule has 3 rings (SSSR count). The molecule has 1 aromatic heterocycles. The van der Waals surface area contributed by atoms with Gasteiger partial charge in [0.15, 0.2) is 0 Å². The molecule has 0 saturated heterocycles. The molecule has 0 saturated carbocycles. The van der Waals surface area contributed by atoms with Crippen LogP contribution < -0.4 is 24.4 Å². The van der Waals surface area contributed by atoms with Gasteiger partial charge in [-0.2, -0.15) is 0 Å². The number of aromatic nitrogens is 1. The molecule has 1 atom stereocenters. The second-order valence-corrected chi connectivity index (χ2v) is 9.69. The van der Waals surface area contributed by atoms with Crippen LogP contribution in [0.5, 0.6) is 23.1 Å². The first-order chi connectivity index (χ1) is 16.6. The third-order valence-electron chi connectivity index (χ3n) is 6.13. The van der Waals surface area contributed by atoms with E-state index >= 15 is 0 Å². The molecule has 35 heavy (non-hydrogen) atoms. The number of aromatic hydroxyl groups is 1. The van der Waals surface area contributed by atoms with E-state index in [1.54, 1.807) is 21.1 Å². The summed E-state index contributed by atoms with van der Waals surface area (Å²) in [6, 6.07) is 7.54. The average Bonchev–Trinajstić information content (AvgIpc) is 3.13. The van der Waals surface area contributed by atoms with E-state index in [4.69, 9.17) is 14.2 Å². The standard InChI is InChI=1S/C26H34N2O6S/c1-15-16(2)23(33-6)21(17(3)22(15)32-5)26(4,31)27-12-7-13-34-19-10-8-18(9-11-19)14-20-24(29)28-25(30)35-20/h8-11,27,29,31H,7,12-14H2,1-6H3,(H,28,30). The highest BCUT2D eigenvalue weighted by Gasteiger charge is 2.32. The van der Waals surface area contributed by atoms with Crippen LogP contribution in [-0.4, -0.2) is 42.6 Å². The Balaban J connectivity index is 1.56. The van der Waals surface area contributed by atoms with Crippen LogP contribution in [0.2, 0.25) is 0 Å². The van der Waals surface area contributed by atoms with Crippen LogP contribution in [0.1, 0.15) is 46.0 Å². The summed E-state index contributed by atoms with van der Waals surface area (Å²) in [4.78, 5) is 14.0. The van der Waals surface area contributed by atoms with Crippen LogP contribution in [0.3, 0.4) is 0 Å². The molecule has 0 amide bonds. The first-order valence-electron chi connectivity index (χ1n) is 11.4. The quantitative estimate of drug-likeness (QED) is 0.232. The Bertz CT molecular complexity index is 1210. The number of hydrogen-bond donors (Lipinski definition) is 4. The maximum atomic E-state index is 11.3. The number of benzene rings is 2. The van der Waals surface area contributed by atoms with Gasteiger partial charge in [-0.3, -0.25) is 15.1 Å². The maximum Gasteiger partial charge on any atom is 0.307 e. The lowest BCUT2D eigenvalue weighted by Gasteiger charge is -2.31. The molecule has 1 heterocycles. The van der Waals surface area contributed by atoms with Crippen LogP contribution in [0.15, 0.2) is 29.1 Å². The van der Waals surface area contributed by atoms with Crippen molar-refractivity contribution in [3.05, 3.63) is 66.6 Å². The van der Waals surface area contributed by atoms with Gasteiger partial charge in [0, 0.05) is 24.1 Å². The van der Waals surface area contributed by atoms with E-state index < -0.39 is 5.72 Å². The maximum absolute atomic E-state index is 11.3. The Hall–Kier alpha value is -3.01. The lowest BCUT2D eigenvalue weighted by atomic mass is 9.91. The third-order valence-corrected chi connectivity index (χ3v) is 7.00. The summed E-state index contributed by atoms with van der Waals surface area (Å²) in [5.74, 6) is 2.04. The summed E-state index contributed by atoms with van der Waals surface area (Å²) in [7, 11) is 3.24. The fraction of sp³-hybridized carbons (Fsp3) is 0.423. The van der Waals surface area contributed by atoms with E-state index in [2.05, 4.69) is 10.3 Å². The molecule has 190 valence electrons. The van der Waals surface area contributed by atoms with Crippen LogP contribution >= 0.6 is 11.3 Å². The van der Waals surface area contributed by atoms with Crippen molar-refractivity contribution in [2.45, 2.75) is 46.3 Å². The molecule has 0 spiro atoms. The molecule has 0 aliphatic carbocycles. The highest BCUT2D eigenvalue weighted by atomic mass is 32.1. The predicted molar refractivity (Wildman–Crippen MR) is 137 cm³/mol. The number of thiazole rings is 1. The van der Waals surface area contributed by atoms with Crippen LogP contribution in [-0.2, 0) is 12.1 Å². The molecule has 0 radical (unpaired) electrons. The van der Waals surface area contributed by atoms with Crippen molar-refractivity contribution in [2.24, 2.45) is 0 Å². The fourth-order valence-corrected chi connectivity index (χ4v) is 5.04. The molecule has 8 nitrogen and oxygen atoms in total. The molecule has 4 N–H and O–H groups in total. The molecule has 0 bridgehead atoms. The number of aromatic amines is 1. The molecule has 3 aromatic rings. The Morgan fingerprint density at radius 1 is 1.03 bits per heavy atom. The van der Waals surface area contributed by atoms with Gasteiger partial charge in [-0.25, -0.2) is 0 Å². The number of methoxy groups -OCH3 is 2. The largest absolute Gasteiger partial charge is 0.496 e. The topological polar surface area (TPSA) is 113 Å². The van der Waals surface area contributed by atoms with E-state index in [9.17, 15) is 15.0 Å². The summed E-state index contributed by atoms with van der Waals surface area (Å²) in [5, 5.41) is 24.2. The zero-order chi connectivity index (χ0) is 25.8. The predicted octanol–water partition coefficient (Wildman–Crippen LogP) is 3.90. The summed E-state index contributed by atoms with van der Waals surface area (Å²) in [6.07, 6.45) is 1.15. The van der Waals surface area contributed by atoms with Crippen LogP contribution in [0, 0.1) is 20.8 Å². The van der Waals surface area contributed by atoms with Gasteiger partial charge in [-0.05, 0) is 62.9 Å². The monoisotopic (exact) mass is 502 g/mol. The number of hydrogen-bond acceptors (Lipinski definition) is 8. The van der Waals surface area contributed by atoms with Gasteiger partial charge in [0.2, 0.25) is 5.88 Å². The highest BCUT2D eigenvalue weighted by Crippen LogP contribution is 2.41. The first-order valence-corrected chi connectivity index (χ1v) is 12.2. The van der Waals surface area contributed by atoms with Crippen molar-refractivity contribution in [2.75, 3.05) is 27.4 Å². The fourth-order valence-electron chi connectivity index (χ4n) is 4.28. The summed E-state index contributed by atoms with van der Waals surface area (Å²) in [6.45, 7) is 8.56. The molecule has 0 aliphatic rings. The van der Waals surface area contributed by atoms with Gasteiger partial charge in [0.25, 0.3) is 0 Å². The SMILES string of the molecule is COc1c(C)c(C)c(OC)c(C(C)(O)NCCCOc2ccc(Cc3sc(=O)[nH]c3O)cc2)c1C. The molecule has 0 fully saturated rings. The molecular formula is C26H34N2O6S. The van der Waals surface area contributed by atoms with Gasteiger partial charge in [-0.1, -0.05) is 23.5 Å². The van der Waals surface area contributed by atoms with E-state index in [-0.39, 0.29) is 10.8 Å². The van der Waals surface area contributed by atoms with E-state index in [0.717, 1.165) is 45.1 Å². The van der Waals surface area contributed by atoms with E-state index in [0.29, 0.717) is 42.2 Å². The zero-order valence-electron chi connectivity index (χ0n) is 21.1. The van der Waals surface area contributed by atoms with E-state index in [1.807, 2.05) is 45.0 Å². The molecule has 9 heteroatoms. The minimum absolute atomic E-state index is 0.0734. The summed E-state index contributed by atoms with van der Waals surface area (Å²) >= 11 is 1.00. The van der Waals surface area contributed by atoms with Gasteiger partial charge in [0.05, 0.1) is 25.7 Å². The lowest BCUT2D eigenvalue weighted by molar-refractivity contribution is 0.0160. The summed E-state index contributed by atoms with van der Waals surface area (Å²) < 4.78 is 17.1. The number of nitrogens with one attached hydrogen (secondary N) is 2. The first kappa shape index (κ1) is 26.6. The number of aliphatic hydroxyl groups is 1. The Morgan fingerprint density at radius 3 is 2.23 bits per heavy atom. The van der Waals surface area contributed by atoms with Crippen molar-refractivity contribution in [1.29, 1.82) is 0 Å². The Morgan fingerprint density at radius 2 is 1.66 bits per heavy atom. The van der Waals surface area contributed by atoms with Crippen molar-refractivity contribution < 1.29 is 24.4 Å². The number of ether oxygens (including phenoxy) is 3. The van der Waals surface area contributed by atoms with Gasteiger partial charge in [0.1, 0.15) is 23.0 Å². The second-order valence-electron chi connectivity index (χ2n) is 8.62. The lowest BCUT2D eigenvalue weighted by Crippen LogP contribution is -2.41. The third kappa shape index (κ3) is 5.98. The van der Waals surface area contributed by atoms with E-state index in [1.165, 1.54) is 0 Å². The minimum Gasteiger partial charge on any atom is -0.496 e. The van der Waals surface area contributed by atoms with Crippen LogP contribution in [0.4, 0.5) is 0 Å². The molecule has 2 aromatic carbocycles. The van der Waals surface area contributed by atoms with Crippen molar-refractivity contribution in [3.8, 4) is 23.1 Å². The number of H-pyrrole nitrogens is 1. The van der Waals surface area contributed by atoms with Crippen LogP contribution in [0.25, 0.3) is 0 Å². The van der Waals surface area contributed by atoms with Gasteiger partial charge >= 0.3 is 4.87 Å². The second kappa shape index (κ2) is 11.2. The van der Waals surface area contributed by atoms with Crippen molar-refractivity contribution in [1.82, 2.24) is 10.3 Å². The highest BCUT2D eigenvalue weighted by molar-refractivity contribution is 7.09. The Kier molecular flexibility index (Phi) is 8.47. The minimum atomic E-state index is -1.32. The van der Waals surface area contributed by atoms with Crippen molar-refractivity contribution >= 4 is 11.3 Å². The summed E-state index contributed by atoms with van der Waals surface area (Å²) in [5.41, 5.74) is 3.06. The molecule has 1 unspecified atom stereocenters. The smallest absolute Gasteiger partial charge is 0.307 e. The Labute approximate surface area is 209 Å². The van der Waals surface area contributed by atoms with Gasteiger partial charge < -0.3 is 24.4 Å². The number of rotatable bonds is 11. The van der Waals surface area contributed by atoms with Gasteiger partial charge in [-0.15, -0.1) is 0 Å². The normalized spacial score (nSPS) is 12.9.